The van der Waals surface area contributed by atoms with Crippen molar-refractivity contribution in [1.82, 2.24) is 0 Å². The molecule has 1 aliphatic heterocycles. The topological polar surface area (TPSA) is 201 Å². The number of ether oxygens (including phenoxy) is 2. The summed E-state index contributed by atoms with van der Waals surface area (Å²) in [5, 5.41) is 84.4. The van der Waals surface area contributed by atoms with Crippen molar-refractivity contribution in [2.45, 2.75) is 55.1 Å². The Morgan fingerprint density at radius 2 is 1.39 bits per heavy atom. The molecule has 138 valence electrons. The fourth-order valence-electron chi connectivity index (χ4n) is 2.06. The summed E-state index contributed by atoms with van der Waals surface area (Å²) in [6, 6.07) is 0. The fraction of sp³-hybridized carbons (Fsp3) is 1.00. The van der Waals surface area contributed by atoms with Crippen molar-refractivity contribution in [3.8, 4) is 0 Å². The lowest BCUT2D eigenvalue weighted by Gasteiger charge is -2.40. The molecule has 0 bridgehead atoms. The highest BCUT2D eigenvalue weighted by Crippen LogP contribution is 2.22. The van der Waals surface area contributed by atoms with Crippen molar-refractivity contribution in [3.63, 3.8) is 0 Å². The van der Waals surface area contributed by atoms with Gasteiger partial charge in [0.25, 0.3) is 0 Å². The van der Waals surface area contributed by atoms with Gasteiger partial charge >= 0.3 is 0 Å². The van der Waals surface area contributed by atoms with Gasteiger partial charge in [-0.05, 0) is 0 Å². The minimum absolute atomic E-state index is 0.655. The van der Waals surface area contributed by atoms with Gasteiger partial charge in [-0.2, -0.15) is 0 Å². The number of aliphatic hydroxyl groups is 9. The molecule has 1 heterocycles. The molecule has 0 saturated carbocycles. The molecule has 1 fully saturated rings. The predicted molar refractivity (Wildman–Crippen MR) is 70.8 cm³/mol. The van der Waals surface area contributed by atoms with Crippen molar-refractivity contribution in [2.24, 2.45) is 0 Å². The summed E-state index contributed by atoms with van der Waals surface area (Å²) in [5.74, 6) is 0. The van der Waals surface area contributed by atoms with Crippen molar-refractivity contribution >= 4 is 0 Å². The molecule has 1 rings (SSSR count). The molecule has 0 radical (unpaired) electrons. The fourth-order valence-corrected chi connectivity index (χ4v) is 2.06. The molecule has 9 atom stereocenters. The first-order chi connectivity index (χ1) is 10.7. The molecule has 0 unspecified atom stereocenters. The third-order valence-corrected chi connectivity index (χ3v) is 3.61. The Morgan fingerprint density at radius 1 is 0.826 bits per heavy atom. The molecule has 0 aliphatic carbocycles. The SMILES string of the molecule is OC[C@H](O)[C@H](O)[C@H](O)[C@@H](O)CO[C@H]1O[C@H](CO)[C@@H](O)[C@H](O)[C@H]1O. The van der Waals surface area contributed by atoms with Crippen LogP contribution in [0, 0.1) is 0 Å². The van der Waals surface area contributed by atoms with Gasteiger partial charge in [0.2, 0.25) is 0 Å². The maximum absolute atomic E-state index is 9.70. The lowest BCUT2D eigenvalue weighted by Crippen LogP contribution is -2.59. The zero-order valence-corrected chi connectivity index (χ0v) is 12.2. The first kappa shape index (κ1) is 20.6. The highest BCUT2D eigenvalue weighted by atomic mass is 16.7. The standard InChI is InChI=1S/C12H24O11/c13-1-4(15)7(17)8(18)5(16)3-22-12-11(21)10(20)9(19)6(2-14)23-12/h4-21H,1-3H2/t4-,5-,6+,7-,8+,9+,10-,11+,12-/m0/s1. The van der Waals surface area contributed by atoms with E-state index in [0.717, 1.165) is 0 Å². The highest BCUT2D eigenvalue weighted by Gasteiger charge is 2.44. The quantitative estimate of drug-likeness (QED) is 0.203. The smallest absolute Gasteiger partial charge is 0.186 e. The van der Waals surface area contributed by atoms with Crippen LogP contribution in [0.1, 0.15) is 0 Å². The molecule has 11 nitrogen and oxygen atoms in total. The highest BCUT2D eigenvalue weighted by molar-refractivity contribution is 4.89. The molecular formula is C12H24O11. The van der Waals surface area contributed by atoms with E-state index in [0.29, 0.717) is 0 Å². The molecule has 1 aliphatic rings. The third-order valence-electron chi connectivity index (χ3n) is 3.61. The summed E-state index contributed by atoms with van der Waals surface area (Å²) in [5.41, 5.74) is 0. The zero-order chi connectivity index (χ0) is 17.7. The van der Waals surface area contributed by atoms with Gasteiger partial charge in [-0.3, -0.25) is 0 Å². The average Bonchev–Trinajstić information content (AvgIpc) is 2.56. The van der Waals surface area contributed by atoms with Gasteiger partial charge in [-0.1, -0.05) is 0 Å². The normalized spacial score (nSPS) is 37.2. The molecule has 0 amide bonds. The Bertz CT molecular complexity index is 341. The largest absolute Gasteiger partial charge is 0.394 e. The van der Waals surface area contributed by atoms with Crippen LogP contribution in [0.15, 0.2) is 0 Å². The van der Waals surface area contributed by atoms with E-state index >= 15 is 0 Å². The summed E-state index contributed by atoms with van der Waals surface area (Å²) in [6.45, 7) is -2.16. The number of rotatable bonds is 8. The van der Waals surface area contributed by atoms with E-state index in [1.165, 1.54) is 0 Å². The van der Waals surface area contributed by atoms with Gasteiger partial charge in [-0.25, -0.2) is 0 Å². The van der Waals surface area contributed by atoms with E-state index in [-0.39, 0.29) is 0 Å². The summed E-state index contributed by atoms with van der Waals surface area (Å²) in [4.78, 5) is 0. The minimum atomic E-state index is -1.86. The molecule has 1 saturated heterocycles. The van der Waals surface area contributed by atoms with E-state index in [1.54, 1.807) is 0 Å². The third kappa shape index (κ3) is 5.01. The van der Waals surface area contributed by atoms with E-state index in [9.17, 15) is 35.7 Å². The second-order valence-electron chi connectivity index (χ2n) is 5.33. The van der Waals surface area contributed by atoms with E-state index < -0.39 is 74.9 Å². The van der Waals surface area contributed by atoms with Gasteiger partial charge in [-0.15, -0.1) is 0 Å². The van der Waals surface area contributed by atoms with Crippen molar-refractivity contribution in [3.05, 3.63) is 0 Å². The van der Waals surface area contributed by atoms with Crippen LogP contribution < -0.4 is 0 Å². The summed E-state index contributed by atoms with van der Waals surface area (Å²) in [6.07, 6.45) is -14.7. The van der Waals surface area contributed by atoms with Crippen LogP contribution in [-0.4, -0.2) is 121 Å². The van der Waals surface area contributed by atoms with Crippen molar-refractivity contribution in [1.29, 1.82) is 0 Å². The van der Waals surface area contributed by atoms with Crippen LogP contribution >= 0.6 is 0 Å². The van der Waals surface area contributed by atoms with Gasteiger partial charge in [0.05, 0.1) is 19.8 Å². The summed E-state index contributed by atoms with van der Waals surface area (Å²) < 4.78 is 9.99. The van der Waals surface area contributed by atoms with Crippen LogP contribution in [0.3, 0.4) is 0 Å². The zero-order valence-electron chi connectivity index (χ0n) is 12.2. The van der Waals surface area contributed by atoms with Crippen LogP contribution in [0.4, 0.5) is 0 Å². The van der Waals surface area contributed by atoms with Gasteiger partial charge in [0.15, 0.2) is 6.29 Å². The first-order valence-electron chi connectivity index (χ1n) is 6.99. The molecule has 9 N–H and O–H groups in total. The second-order valence-corrected chi connectivity index (χ2v) is 5.33. The lowest BCUT2D eigenvalue weighted by molar-refractivity contribution is -0.306. The van der Waals surface area contributed by atoms with Crippen LogP contribution in [0.5, 0.6) is 0 Å². The van der Waals surface area contributed by atoms with E-state index in [4.69, 9.17) is 19.7 Å². The van der Waals surface area contributed by atoms with Crippen LogP contribution in [0.2, 0.25) is 0 Å². The second kappa shape index (κ2) is 9.15. The van der Waals surface area contributed by atoms with Gasteiger partial charge in [0, 0.05) is 0 Å². The van der Waals surface area contributed by atoms with Crippen LogP contribution in [-0.2, 0) is 9.47 Å². The maximum Gasteiger partial charge on any atom is 0.186 e. The predicted octanol–water partition coefficient (Wildman–Crippen LogP) is -5.76. The molecule has 0 aromatic heterocycles. The molecule has 0 spiro atoms. The summed E-state index contributed by atoms with van der Waals surface area (Å²) >= 11 is 0. The van der Waals surface area contributed by atoms with Crippen LogP contribution in [0.25, 0.3) is 0 Å². The average molecular weight is 344 g/mol. The number of hydrogen-bond donors (Lipinski definition) is 9. The Kier molecular flexibility index (Phi) is 8.20. The van der Waals surface area contributed by atoms with Crippen molar-refractivity contribution < 1.29 is 55.4 Å². The minimum Gasteiger partial charge on any atom is -0.394 e. The monoisotopic (exact) mass is 344 g/mol. The maximum atomic E-state index is 9.70. The van der Waals surface area contributed by atoms with E-state index in [2.05, 4.69) is 0 Å². The molecular weight excluding hydrogens is 320 g/mol. The Hall–Kier alpha value is -0.440. The molecule has 0 aromatic carbocycles. The lowest BCUT2D eigenvalue weighted by atomic mass is 9.99. The Morgan fingerprint density at radius 3 is 1.91 bits per heavy atom. The van der Waals surface area contributed by atoms with Gasteiger partial charge < -0.3 is 55.4 Å². The Balaban J connectivity index is 2.55. The molecule has 23 heavy (non-hydrogen) atoms. The Labute approximate surface area is 131 Å². The van der Waals surface area contributed by atoms with E-state index in [1.807, 2.05) is 0 Å². The first-order valence-corrected chi connectivity index (χ1v) is 6.99. The molecule has 11 heteroatoms. The summed E-state index contributed by atoms with van der Waals surface area (Å²) in [7, 11) is 0. The molecule has 0 aromatic rings. The van der Waals surface area contributed by atoms with Crippen molar-refractivity contribution in [2.75, 3.05) is 19.8 Å². The number of hydrogen-bond acceptors (Lipinski definition) is 11. The number of aliphatic hydroxyl groups excluding tert-OH is 9. The van der Waals surface area contributed by atoms with Gasteiger partial charge in [0.1, 0.15) is 48.8 Å².